The van der Waals surface area contributed by atoms with Gasteiger partial charge < -0.3 is 5.11 Å². The summed E-state index contributed by atoms with van der Waals surface area (Å²) in [6.45, 7) is 1.68. The molecule has 2 N–H and O–H groups in total. The summed E-state index contributed by atoms with van der Waals surface area (Å²) in [5, 5.41) is 14.4. The van der Waals surface area contributed by atoms with E-state index in [0.717, 1.165) is 42.2 Å². The number of rotatable bonds is 6. The number of benzene rings is 1. The van der Waals surface area contributed by atoms with Crippen LogP contribution in [0.2, 0.25) is 0 Å². The van der Waals surface area contributed by atoms with Gasteiger partial charge in [-0.1, -0.05) is 19.3 Å². The van der Waals surface area contributed by atoms with E-state index in [1.807, 2.05) is 12.1 Å². The molecule has 1 saturated carbocycles. The molecule has 1 atom stereocenters. The van der Waals surface area contributed by atoms with Crippen LogP contribution in [0.1, 0.15) is 43.4 Å². The lowest BCUT2D eigenvalue weighted by Gasteiger charge is -2.44. The van der Waals surface area contributed by atoms with Crippen molar-refractivity contribution in [2.24, 2.45) is 5.92 Å². The van der Waals surface area contributed by atoms with Crippen molar-refractivity contribution in [1.29, 1.82) is 0 Å². The molecular weight excluding hydrogens is 465 g/mol. The van der Waals surface area contributed by atoms with Gasteiger partial charge in [0.2, 0.25) is 5.88 Å². The van der Waals surface area contributed by atoms with E-state index in [-0.39, 0.29) is 28.5 Å². The zero-order valence-electron chi connectivity index (χ0n) is 19.0. The normalized spacial score (nSPS) is 17.0. The van der Waals surface area contributed by atoms with Gasteiger partial charge in [0.15, 0.2) is 0 Å². The molecule has 1 aliphatic carbocycles. The minimum absolute atomic E-state index is 0.00325. The average molecular weight is 493 g/mol. The van der Waals surface area contributed by atoms with Gasteiger partial charge in [0.25, 0.3) is 0 Å². The molecule has 0 radical (unpaired) electrons. The van der Waals surface area contributed by atoms with Crippen LogP contribution in [0, 0.1) is 12.8 Å². The second kappa shape index (κ2) is 9.50. The number of imidazole rings is 1. The number of aromatic nitrogens is 3. The molecule has 1 fully saturated rings. The molecule has 6 nitrogen and oxygen atoms in total. The van der Waals surface area contributed by atoms with Crippen LogP contribution in [-0.2, 0) is 5.66 Å². The van der Waals surface area contributed by atoms with E-state index in [0.29, 0.717) is 11.4 Å². The van der Waals surface area contributed by atoms with Crippen molar-refractivity contribution in [2.45, 2.75) is 55.1 Å². The highest BCUT2D eigenvalue weighted by molar-refractivity contribution is 8.00. The Balaban J connectivity index is 1.88. The topological polar surface area (TPSA) is 72.1 Å². The predicted molar refractivity (Wildman–Crippen MR) is 125 cm³/mol. The summed E-state index contributed by atoms with van der Waals surface area (Å²) >= 11 is -0.226. The van der Waals surface area contributed by atoms with Crippen LogP contribution >= 0.6 is 11.8 Å². The molecule has 182 valence electrons. The van der Waals surface area contributed by atoms with E-state index >= 15 is 0 Å². The quantitative estimate of drug-likeness (QED) is 0.465. The molecule has 1 aromatic carbocycles. The third-order valence-electron chi connectivity index (χ3n) is 6.63. The van der Waals surface area contributed by atoms with Crippen LogP contribution < -0.4 is 11.0 Å². The van der Waals surface area contributed by atoms with Crippen molar-refractivity contribution in [2.75, 3.05) is 7.05 Å². The molecule has 3 aromatic rings. The fraction of sp³-hybridized carbons (Fsp3) is 0.417. The highest BCUT2D eigenvalue weighted by Gasteiger charge is 2.44. The third kappa shape index (κ3) is 4.36. The Kier molecular flexibility index (Phi) is 6.82. The maximum absolute atomic E-state index is 13.9. The third-order valence-corrected chi connectivity index (χ3v) is 7.37. The zero-order chi connectivity index (χ0) is 24.5. The Hall–Kier alpha value is -2.72. The Morgan fingerprint density at radius 3 is 2.24 bits per heavy atom. The summed E-state index contributed by atoms with van der Waals surface area (Å²) < 4.78 is 40.9. The fourth-order valence-electron chi connectivity index (χ4n) is 5.17. The van der Waals surface area contributed by atoms with E-state index in [4.69, 9.17) is 0 Å². The van der Waals surface area contributed by atoms with E-state index in [2.05, 4.69) is 10.3 Å². The Morgan fingerprint density at radius 2 is 1.68 bits per heavy atom. The van der Waals surface area contributed by atoms with Gasteiger partial charge in [-0.2, -0.15) is 13.2 Å². The van der Waals surface area contributed by atoms with Gasteiger partial charge in [-0.3, -0.25) is 14.9 Å². The second-order valence-corrected chi connectivity index (χ2v) is 9.63. The van der Waals surface area contributed by atoms with Gasteiger partial charge in [0.1, 0.15) is 5.66 Å². The van der Waals surface area contributed by atoms with Crippen LogP contribution in [0.5, 0.6) is 5.88 Å². The maximum Gasteiger partial charge on any atom is 0.446 e. The molecular formula is C24H27F3N4O2S. The molecule has 0 saturated heterocycles. The van der Waals surface area contributed by atoms with Crippen LogP contribution in [-0.4, -0.2) is 31.8 Å². The molecule has 1 unspecified atom stereocenters. The predicted octanol–water partition coefficient (Wildman–Crippen LogP) is 5.16. The van der Waals surface area contributed by atoms with Crippen molar-refractivity contribution in [3.63, 3.8) is 0 Å². The van der Waals surface area contributed by atoms with Crippen molar-refractivity contribution in [3.8, 4) is 11.6 Å². The van der Waals surface area contributed by atoms with Crippen molar-refractivity contribution >= 4 is 11.8 Å². The van der Waals surface area contributed by atoms with Crippen molar-refractivity contribution < 1.29 is 18.3 Å². The first kappa shape index (κ1) is 24.4. The lowest BCUT2D eigenvalue weighted by molar-refractivity contribution is -0.0328. The second-order valence-electron chi connectivity index (χ2n) is 8.49. The molecule has 1 aliphatic rings. The van der Waals surface area contributed by atoms with Gasteiger partial charge in [0, 0.05) is 23.2 Å². The molecule has 0 bridgehead atoms. The zero-order valence-corrected chi connectivity index (χ0v) is 19.8. The minimum atomic E-state index is -4.41. The number of nitrogens with zero attached hydrogens (tertiary/aromatic N) is 3. The molecule has 4 rings (SSSR count). The standard InChI is InChI=1S/C24H27F3N4O2S/c1-16-21(32)30(19-8-10-20(11-9-19)34-24(25,26)27)22(33)31(16)23(28-2,17-6-4-3-5-7-17)18-12-14-29-15-13-18/h8-15,17,28,32H,3-7H2,1-2H3. The molecule has 0 aliphatic heterocycles. The first-order valence-electron chi connectivity index (χ1n) is 11.2. The highest BCUT2D eigenvalue weighted by atomic mass is 32.2. The van der Waals surface area contributed by atoms with Crippen LogP contribution in [0.4, 0.5) is 13.2 Å². The summed E-state index contributed by atoms with van der Waals surface area (Å²) in [7, 11) is 1.80. The number of thioether (sulfide) groups is 1. The first-order valence-corrected chi connectivity index (χ1v) is 12.0. The Morgan fingerprint density at radius 1 is 1.06 bits per heavy atom. The summed E-state index contributed by atoms with van der Waals surface area (Å²) in [4.78, 5) is 18.0. The van der Waals surface area contributed by atoms with Crippen LogP contribution in [0.25, 0.3) is 5.69 Å². The Bertz CT molecular complexity index is 1190. The number of pyridine rings is 1. The van der Waals surface area contributed by atoms with Gasteiger partial charge in [-0.05, 0) is 80.5 Å². The molecule has 0 amide bonds. The first-order chi connectivity index (χ1) is 16.2. The van der Waals surface area contributed by atoms with Crippen molar-refractivity contribution in [1.82, 2.24) is 19.4 Å². The lowest BCUT2D eigenvalue weighted by Crippen LogP contribution is -2.57. The van der Waals surface area contributed by atoms with E-state index < -0.39 is 16.9 Å². The van der Waals surface area contributed by atoms with Gasteiger partial charge >= 0.3 is 11.2 Å². The SMILES string of the molecule is CNC(c1ccncc1)(C1CCCCC1)n1c(C)c(O)n(-c2ccc(SC(F)(F)F)cc2)c1=O. The molecule has 0 spiro atoms. The number of hydrogen-bond donors (Lipinski definition) is 2. The summed E-state index contributed by atoms with van der Waals surface area (Å²) in [6.07, 6.45) is 8.39. The number of halogens is 3. The molecule has 2 aromatic heterocycles. The lowest BCUT2D eigenvalue weighted by atomic mass is 9.76. The molecule has 2 heterocycles. The van der Waals surface area contributed by atoms with Crippen molar-refractivity contribution in [3.05, 3.63) is 70.5 Å². The monoisotopic (exact) mass is 492 g/mol. The van der Waals surface area contributed by atoms with Gasteiger partial charge in [0.05, 0.1) is 11.4 Å². The number of nitrogens with one attached hydrogen (secondary N) is 1. The summed E-state index contributed by atoms with van der Waals surface area (Å²) in [5.41, 5.74) is -4.27. The molecule has 34 heavy (non-hydrogen) atoms. The maximum atomic E-state index is 13.9. The van der Waals surface area contributed by atoms with Gasteiger partial charge in [-0.25, -0.2) is 9.36 Å². The van der Waals surface area contributed by atoms with Gasteiger partial charge in [-0.15, -0.1) is 0 Å². The summed E-state index contributed by atoms with van der Waals surface area (Å²) in [5.74, 6) is -0.156. The molecule has 10 heteroatoms. The largest absolute Gasteiger partial charge is 0.493 e. The van der Waals surface area contributed by atoms with E-state index in [9.17, 15) is 23.1 Å². The minimum Gasteiger partial charge on any atom is -0.493 e. The number of alkyl halides is 3. The number of hydrogen-bond acceptors (Lipinski definition) is 5. The number of aromatic hydroxyl groups is 1. The fourth-order valence-corrected chi connectivity index (χ4v) is 5.71. The van der Waals surface area contributed by atoms with Crippen LogP contribution in [0.15, 0.2) is 58.5 Å². The Labute approximate surface area is 199 Å². The van der Waals surface area contributed by atoms with E-state index in [1.54, 1.807) is 30.9 Å². The summed E-state index contributed by atoms with van der Waals surface area (Å²) in [6, 6.07) is 9.14. The van der Waals surface area contributed by atoms with Crippen LogP contribution in [0.3, 0.4) is 0 Å². The highest BCUT2D eigenvalue weighted by Crippen LogP contribution is 2.42. The van der Waals surface area contributed by atoms with E-state index in [1.165, 1.54) is 24.3 Å². The smallest absolute Gasteiger partial charge is 0.446 e. The average Bonchev–Trinajstić information content (AvgIpc) is 3.05.